The van der Waals surface area contributed by atoms with Gasteiger partial charge in [0.05, 0.1) is 12.8 Å². The second-order valence-corrected chi connectivity index (χ2v) is 4.36. The van der Waals surface area contributed by atoms with E-state index in [0.717, 1.165) is 18.7 Å². The third kappa shape index (κ3) is 7.09. The Morgan fingerprint density at radius 1 is 1.41 bits per heavy atom. The maximum Gasteiger partial charge on any atom is 0.422 e. The van der Waals surface area contributed by atoms with Gasteiger partial charge in [0, 0.05) is 18.2 Å². The molecular formula is C13H16F4N2O3. The smallest absolute Gasteiger partial charge is 0.422 e. The molecule has 0 spiro atoms. The zero-order chi connectivity index (χ0) is 16.6. The van der Waals surface area contributed by atoms with E-state index in [9.17, 15) is 22.4 Å². The Morgan fingerprint density at radius 2 is 2.14 bits per heavy atom. The highest BCUT2D eigenvalue weighted by molar-refractivity contribution is 5.67. The molecule has 1 amide bonds. The molecule has 0 aliphatic heterocycles. The number of hydrogen-bond acceptors (Lipinski definition) is 4. The van der Waals surface area contributed by atoms with Gasteiger partial charge in [-0.25, -0.2) is 14.2 Å². The second kappa shape index (κ2) is 8.40. The fourth-order valence-corrected chi connectivity index (χ4v) is 1.36. The number of halogens is 4. The molecule has 9 heteroatoms. The molecule has 5 nitrogen and oxygen atoms in total. The number of alkyl halides is 3. The van der Waals surface area contributed by atoms with Gasteiger partial charge in [0.25, 0.3) is 0 Å². The Balaban J connectivity index is 2.53. The number of nitrogens with one attached hydrogen (secondary N) is 1. The predicted molar refractivity (Wildman–Crippen MR) is 68.8 cm³/mol. The summed E-state index contributed by atoms with van der Waals surface area (Å²) in [5.74, 6) is -1.15. The third-order valence-corrected chi connectivity index (χ3v) is 2.45. The number of pyridine rings is 1. The summed E-state index contributed by atoms with van der Waals surface area (Å²) in [6.45, 7) is 0.385. The van der Waals surface area contributed by atoms with Crippen molar-refractivity contribution in [2.75, 3.05) is 13.2 Å². The monoisotopic (exact) mass is 324 g/mol. The first-order chi connectivity index (χ1) is 10.3. The highest BCUT2D eigenvalue weighted by Gasteiger charge is 2.28. The van der Waals surface area contributed by atoms with E-state index in [-0.39, 0.29) is 24.6 Å². The molecule has 0 fully saturated rings. The summed E-state index contributed by atoms with van der Waals surface area (Å²) in [7, 11) is 0. The van der Waals surface area contributed by atoms with Gasteiger partial charge in [-0.15, -0.1) is 0 Å². The molecule has 0 radical (unpaired) electrons. The Kier molecular flexibility index (Phi) is 6.87. The molecule has 1 aromatic heterocycles. The van der Waals surface area contributed by atoms with Crippen LogP contribution in [0.1, 0.15) is 25.3 Å². The van der Waals surface area contributed by atoms with Gasteiger partial charge in [-0.3, -0.25) is 0 Å². The fourth-order valence-electron chi connectivity index (χ4n) is 1.36. The van der Waals surface area contributed by atoms with E-state index >= 15 is 0 Å². The third-order valence-electron chi connectivity index (χ3n) is 2.45. The lowest BCUT2D eigenvalue weighted by Crippen LogP contribution is -2.25. The van der Waals surface area contributed by atoms with Crippen molar-refractivity contribution < 1.29 is 31.8 Å². The second-order valence-electron chi connectivity index (χ2n) is 4.36. The van der Waals surface area contributed by atoms with E-state index < -0.39 is 24.7 Å². The lowest BCUT2D eigenvalue weighted by Gasteiger charge is -2.10. The Morgan fingerprint density at radius 3 is 2.77 bits per heavy atom. The number of aromatic nitrogens is 1. The minimum absolute atomic E-state index is 0.0559. The molecule has 22 heavy (non-hydrogen) atoms. The summed E-state index contributed by atoms with van der Waals surface area (Å²) < 4.78 is 58.7. The average molecular weight is 324 g/mol. The number of alkyl carbamates (subject to hydrolysis) is 1. The Labute approximate surface area is 124 Å². The van der Waals surface area contributed by atoms with Crippen LogP contribution in [0.4, 0.5) is 22.4 Å². The number of carbonyl (C=O) groups is 1. The van der Waals surface area contributed by atoms with Crippen LogP contribution in [0.2, 0.25) is 0 Å². The van der Waals surface area contributed by atoms with Gasteiger partial charge in [-0.05, 0) is 6.42 Å². The minimum Gasteiger partial charge on any atom is -0.468 e. The van der Waals surface area contributed by atoms with Crippen molar-refractivity contribution in [3.63, 3.8) is 0 Å². The van der Waals surface area contributed by atoms with Crippen molar-refractivity contribution in [1.29, 1.82) is 0 Å². The van der Waals surface area contributed by atoms with Crippen LogP contribution >= 0.6 is 0 Å². The summed E-state index contributed by atoms with van der Waals surface area (Å²) in [6, 6.07) is 0.993. The number of nitrogens with zero attached hydrogens (tertiary/aromatic N) is 1. The molecule has 0 aliphatic rings. The van der Waals surface area contributed by atoms with Gasteiger partial charge < -0.3 is 14.8 Å². The highest BCUT2D eigenvalue weighted by Crippen LogP contribution is 2.18. The zero-order valence-corrected chi connectivity index (χ0v) is 11.9. The molecule has 1 heterocycles. The molecule has 1 N–H and O–H groups in total. The zero-order valence-electron chi connectivity index (χ0n) is 11.9. The van der Waals surface area contributed by atoms with E-state index in [2.05, 4.69) is 15.0 Å². The lowest BCUT2D eigenvalue weighted by molar-refractivity contribution is -0.154. The van der Waals surface area contributed by atoms with Gasteiger partial charge in [-0.2, -0.15) is 13.2 Å². The van der Waals surface area contributed by atoms with Crippen LogP contribution in [0.5, 0.6) is 5.88 Å². The minimum atomic E-state index is -4.52. The van der Waals surface area contributed by atoms with E-state index in [1.165, 1.54) is 0 Å². The van der Waals surface area contributed by atoms with Gasteiger partial charge in [-0.1, -0.05) is 13.3 Å². The van der Waals surface area contributed by atoms with E-state index in [1.807, 2.05) is 6.92 Å². The molecule has 1 aromatic rings. The van der Waals surface area contributed by atoms with E-state index in [1.54, 1.807) is 0 Å². The number of rotatable bonds is 7. The SMILES string of the molecule is CCCCOC(=O)NCc1cc(OCC(F)(F)F)ncc1F. The maximum absolute atomic E-state index is 13.5. The molecule has 124 valence electrons. The largest absolute Gasteiger partial charge is 0.468 e. The molecule has 0 saturated heterocycles. The predicted octanol–water partition coefficient (Wildman–Crippen LogP) is 3.19. The van der Waals surface area contributed by atoms with Crippen molar-refractivity contribution >= 4 is 6.09 Å². The van der Waals surface area contributed by atoms with E-state index in [4.69, 9.17) is 4.74 Å². The number of amides is 1. The number of carbonyl (C=O) groups excluding carboxylic acids is 1. The topological polar surface area (TPSA) is 60.5 Å². The van der Waals surface area contributed by atoms with Gasteiger partial charge >= 0.3 is 12.3 Å². The van der Waals surface area contributed by atoms with Gasteiger partial charge in [0.1, 0.15) is 5.82 Å². The van der Waals surface area contributed by atoms with Crippen LogP contribution in [0.25, 0.3) is 0 Å². The quantitative estimate of drug-likeness (QED) is 0.618. The molecule has 0 saturated carbocycles. The summed E-state index contributed by atoms with van der Waals surface area (Å²) in [5.41, 5.74) is -0.0559. The normalized spacial score (nSPS) is 11.1. The first-order valence-electron chi connectivity index (χ1n) is 6.56. The van der Waals surface area contributed by atoms with Crippen LogP contribution in [-0.4, -0.2) is 30.5 Å². The molecular weight excluding hydrogens is 308 g/mol. The van der Waals surface area contributed by atoms with Crippen molar-refractivity contribution in [3.8, 4) is 5.88 Å². The van der Waals surface area contributed by atoms with Gasteiger partial charge in [0.2, 0.25) is 5.88 Å². The number of unbranched alkanes of at least 4 members (excludes halogenated alkanes) is 1. The fraction of sp³-hybridized carbons (Fsp3) is 0.538. The Hall–Kier alpha value is -2.06. The lowest BCUT2D eigenvalue weighted by atomic mass is 10.2. The molecule has 0 aromatic carbocycles. The Bertz CT molecular complexity index is 495. The highest BCUT2D eigenvalue weighted by atomic mass is 19.4. The first kappa shape index (κ1) is 18.0. The van der Waals surface area contributed by atoms with Crippen molar-refractivity contribution in [3.05, 3.63) is 23.6 Å². The molecule has 0 bridgehead atoms. The molecule has 0 atom stereocenters. The van der Waals surface area contributed by atoms with Crippen LogP contribution in [0.15, 0.2) is 12.3 Å². The molecule has 0 unspecified atom stereocenters. The van der Waals surface area contributed by atoms with Crippen molar-refractivity contribution in [2.45, 2.75) is 32.5 Å². The summed E-state index contributed by atoms with van der Waals surface area (Å²) >= 11 is 0. The summed E-state index contributed by atoms with van der Waals surface area (Å²) in [5, 5.41) is 2.29. The first-order valence-corrected chi connectivity index (χ1v) is 6.56. The average Bonchev–Trinajstić information content (AvgIpc) is 2.44. The van der Waals surface area contributed by atoms with Gasteiger partial charge in [0.15, 0.2) is 6.61 Å². The standard InChI is InChI=1S/C13H16F4N2O3/c1-2-3-4-21-12(20)19-6-9-5-11(18-7-10(9)14)22-8-13(15,16)17/h5,7H,2-4,6,8H2,1H3,(H,19,20). The molecule has 0 aliphatic carbocycles. The number of ether oxygens (including phenoxy) is 2. The van der Waals surface area contributed by atoms with Crippen molar-refractivity contribution in [2.24, 2.45) is 0 Å². The van der Waals surface area contributed by atoms with Crippen molar-refractivity contribution in [1.82, 2.24) is 10.3 Å². The molecule has 1 rings (SSSR count). The van der Waals surface area contributed by atoms with Crippen LogP contribution in [0, 0.1) is 5.82 Å². The summed E-state index contributed by atoms with van der Waals surface area (Å²) in [4.78, 5) is 14.7. The van der Waals surface area contributed by atoms with E-state index in [0.29, 0.717) is 6.42 Å². The van der Waals surface area contributed by atoms with Crippen LogP contribution < -0.4 is 10.1 Å². The maximum atomic E-state index is 13.5. The van der Waals surface area contributed by atoms with Crippen LogP contribution in [-0.2, 0) is 11.3 Å². The summed E-state index contributed by atoms with van der Waals surface area (Å²) in [6.07, 6.45) is -2.97. The van der Waals surface area contributed by atoms with Crippen LogP contribution in [0.3, 0.4) is 0 Å². The number of hydrogen-bond donors (Lipinski definition) is 1.